The van der Waals surface area contributed by atoms with E-state index in [2.05, 4.69) is 15.2 Å². The van der Waals surface area contributed by atoms with E-state index in [1.165, 1.54) is 12.8 Å². The number of aryl methyl sites for hydroxylation is 1. The first-order valence-corrected chi connectivity index (χ1v) is 6.41. The van der Waals surface area contributed by atoms with Gasteiger partial charge in [-0.3, -0.25) is 9.58 Å². The van der Waals surface area contributed by atoms with Crippen LogP contribution in [0.3, 0.4) is 0 Å². The number of hydrogen-bond acceptors (Lipinski definition) is 3. The van der Waals surface area contributed by atoms with Crippen LogP contribution in [0.5, 0.6) is 0 Å². The van der Waals surface area contributed by atoms with E-state index >= 15 is 0 Å². The number of piperidine rings is 1. The molecule has 0 spiro atoms. The van der Waals surface area contributed by atoms with Crippen LogP contribution in [0.15, 0.2) is 6.20 Å². The smallest absolute Gasteiger partial charge is 0.0967 e. The molecule has 2 aliphatic rings. The topological polar surface area (TPSA) is 34.0 Å². The van der Waals surface area contributed by atoms with Gasteiger partial charge in [-0.1, -0.05) is 5.21 Å². The van der Waals surface area contributed by atoms with Crippen molar-refractivity contribution in [2.45, 2.75) is 49.7 Å². The zero-order chi connectivity index (χ0) is 11.1. The molecule has 5 heteroatoms. The van der Waals surface area contributed by atoms with E-state index in [-0.39, 0.29) is 0 Å². The van der Waals surface area contributed by atoms with Crippen molar-refractivity contribution >= 4 is 11.6 Å². The van der Waals surface area contributed by atoms with Gasteiger partial charge in [-0.2, -0.15) is 0 Å². The second-order valence-corrected chi connectivity index (χ2v) is 5.63. The summed E-state index contributed by atoms with van der Waals surface area (Å²) in [4.78, 5) is 2.57. The lowest BCUT2D eigenvalue weighted by atomic mass is 10.0. The molecule has 4 nitrogen and oxygen atoms in total. The predicted octanol–water partition coefficient (Wildman–Crippen LogP) is 1.55. The van der Waals surface area contributed by atoms with E-state index < -0.39 is 0 Å². The third-order valence-corrected chi connectivity index (χ3v) is 4.18. The molecule has 0 amide bonds. The average molecular weight is 241 g/mol. The van der Waals surface area contributed by atoms with E-state index in [1.807, 2.05) is 13.2 Å². The molecule has 1 aromatic heterocycles. The van der Waals surface area contributed by atoms with Gasteiger partial charge in [0.2, 0.25) is 0 Å². The summed E-state index contributed by atoms with van der Waals surface area (Å²) in [6.07, 6.45) is 6.88. The fourth-order valence-electron chi connectivity index (χ4n) is 3.12. The Bertz CT molecular complexity index is 364. The summed E-state index contributed by atoms with van der Waals surface area (Å²) < 4.78 is 1.77. The van der Waals surface area contributed by atoms with Crippen molar-refractivity contribution in [3.63, 3.8) is 0 Å². The van der Waals surface area contributed by atoms with Crippen molar-refractivity contribution in [2.24, 2.45) is 7.05 Å². The van der Waals surface area contributed by atoms with E-state index in [1.54, 1.807) is 4.68 Å². The summed E-state index contributed by atoms with van der Waals surface area (Å²) >= 11 is 6.26. The standard InChI is InChI=1S/C11H17ClN4/c1-15-6-9(13-14-15)7-16-10-2-3-11(16)5-8(12)4-10/h6,8,10-11H,2-5,7H2,1H3. The molecule has 0 saturated carbocycles. The summed E-state index contributed by atoms with van der Waals surface area (Å²) in [5.74, 6) is 0. The molecular formula is C11H17ClN4. The van der Waals surface area contributed by atoms with Crippen LogP contribution in [0.4, 0.5) is 0 Å². The first-order valence-electron chi connectivity index (χ1n) is 5.97. The lowest BCUT2D eigenvalue weighted by Gasteiger charge is -2.36. The Morgan fingerprint density at radius 2 is 2.06 bits per heavy atom. The fraction of sp³-hybridized carbons (Fsp3) is 0.818. The minimum Gasteiger partial charge on any atom is -0.291 e. The summed E-state index contributed by atoms with van der Waals surface area (Å²) in [5, 5.41) is 8.53. The SMILES string of the molecule is Cn1cc(CN2C3CCC2CC(Cl)C3)nn1. The minimum atomic E-state index is 0.385. The molecule has 0 aliphatic carbocycles. The maximum Gasteiger partial charge on any atom is 0.0967 e. The molecular weight excluding hydrogens is 224 g/mol. The molecule has 2 aliphatic heterocycles. The summed E-state index contributed by atoms with van der Waals surface area (Å²) in [7, 11) is 1.91. The van der Waals surface area contributed by atoms with Crippen LogP contribution >= 0.6 is 11.6 Å². The zero-order valence-electron chi connectivity index (χ0n) is 9.51. The first kappa shape index (κ1) is 10.5. The monoisotopic (exact) mass is 240 g/mol. The molecule has 2 fully saturated rings. The molecule has 1 aromatic rings. The third kappa shape index (κ3) is 1.84. The van der Waals surface area contributed by atoms with Gasteiger partial charge >= 0.3 is 0 Å². The molecule has 2 bridgehead atoms. The van der Waals surface area contributed by atoms with Crippen LogP contribution in [0.25, 0.3) is 0 Å². The molecule has 2 atom stereocenters. The Kier molecular flexibility index (Phi) is 2.64. The summed E-state index contributed by atoms with van der Waals surface area (Å²) in [6, 6.07) is 1.34. The van der Waals surface area contributed by atoms with Gasteiger partial charge in [0.15, 0.2) is 0 Å². The number of nitrogens with zero attached hydrogens (tertiary/aromatic N) is 4. The van der Waals surface area contributed by atoms with E-state index in [0.29, 0.717) is 17.5 Å². The number of fused-ring (bicyclic) bond motifs is 2. The van der Waals surface area contributed by atoms with Gasteiger partial charge in [-0.25, -0.2) is 0 Å². The molecule has 2 saturated heterocycles. The molecule has 3 heterocycles. The van der Waals surface area contributed by atoms with Crippen molar-refractivity contribution in [3.8, 4) is 0 Å². The number of aromatic nitrogens is 3. The number of rotatable bonds is 2. The largest absolute Gasteiger partial charge is 0.291 e. The maximum atomic E-state index is 6.26. The quantitative estimate of drug-likeness (QED) is 0.736. The highest BCUT2D eigenvalue weighted by Crippen LogP contribution is 2.38. The van der Waals surface area contributed by atoms with Crippen molar-refractivity contribution in [1.29, 1.82) is 0 Å². The summed E-state index contributed by atoms with van der Waals surface area (Å²) in [5.41, 5.74) is 1.08. The van der Waals surface area contributed by atoms with Gasteiger partial charge in [-0.15, -0.1) is 16.7 Å². The highest BCUT2D eigenvalue weighted by atomic mass is 35.5. The van der Waals surface area contributed by atoms with Gasteiger partial charge < -0.3 is 0 Å². The Hall–Kier alpha value is -0.610. The average Bonchev–Trinajstić information content (AvgIpc) is 2.72. The highest BCUT2D eigenvalue weighted by molar-refractivity contribution is 6.20. The Morgan fingerprint density at radius 3 is 2.62 bits per heavy atom. The molecule has 88 valence electrons. The van der Waals surface area contributed by atoms with Crippen LogP contribution in [0.1, 0.15) is 31.4 Å². The lowest BCUT2D eigenvalue weighted by molar-refractivity contribution is 0.132. The highest BCUT2D eigenvalue weighted by Gasteiger charge is 2.40. The molecule has 16 heavy (non-hydrogen) atoms. The van der Waals surface area contributed by atoms with Crippen molar-refractivity contribution in [2.75, 3.05) is 0 Å². The van der Waals surface area contributed by atoms with E-state index in [4.69, 9.17) is 11.6 Å². The van der Waals surface area contributed by atoms with Crippen molar-refractivity contribution < 1.29 is 0 Å². The molecule has 3 rings (SSSR count). The molecule has 0 N–H and O–H groups in total. The van der Waals surface area contributed by atoms with Gasteiger partial charge in [0, 0.05) is 37.3 Å². The van der Waals surface area contributed by atoms with Gasteiger partial charge in [0.25, 0.3) is 0 Å². The first-order chi connectivity index (χ1) is 7.72. The van der Waals surface area contributed by atoms with Crippen molar-refractivity contribution in [1.82, 2.24) is 19.9 Å². The van der Waals surface area contributed by atoms with Crippen molar-refractivity contribution in [3.05, 3.63) is 11.9 Å². The third-order valence-electron chi connectivity index (χ3n) is 3.82. The molecule has 0 radical (unpaired) electrons. The lowest BCUT2D eigenvalue weighted by Crippen LogP contribution is -2.42. The Balaban J connectivity index is 1.72. The second-order valence-electron chi connectivity index (χ2n) is 5.01. The van der Waals surface area contributed by atoms with Crippen LogP contribution in [-0.4, -0.2) is 37.4 Å². The Labute approximate surface area is 101 Å². The summed E-state index contributed by atoms with van der Waals surface area (Å²) in [6.45, 7) is 0.937. The van der Waals surface area contributed by atoms with Gasteiger partial charge in [-0.05, 0) is 25.7 Å². The van der Waals surface area contributed by atoms with Crippen LogP contribution in [-0.2, 0) is 13.6 Å². The number of alkyl halides is 1. The van der Waals surface area contributed by atoms with Gasteiger partial charge in [0.05, 0.1) is 5.69 Å². The zero-order valence-corrected chi connectivity index (χ0v) is 10.3. The maximum absolute atomic E-state index is 6.26. The number of hydrogen-bond donors (Lipinski definition) is 0. The van der Waals surface area contributed by atoms with Crippen LogP contribution in [0, 0.1) is 0 Å². The van der Waals surface area contributed by atoms with Crippen LogP contribution < -0.4 is 0 Å². The van der Waals surface area contributed by atoms with Gasteiger partial charge in [0.1, 0.15) is 0 Å². The van der Waals surface area contributed by atoms with Crippen LogP contribution in [0.2, 0.25) is 0 Å². The molecule has 2 unspecified atom stereocenters. The minimum absolute atomic E-state index is 0.385. The fourth-order valence-corrected chi connectivity index (χ4v) is 3.53. The predicted molar refractivity (Wildman–Crippen MR) is 62.2 cm³/mol. The number of halogens is 1. The Morgan fingerprint density at radius 1 is 1.38 bits per heavy atom. The normalized spacial score (nSPS) is 34.5. The van der Waals surface area contributed by atoms with E-state index in [9.17, 15) is 0 Å². The second kappa shape index (κ2) is 4.00. The molecule has 0 aromatic carbocycles. The van der Waals surface area contributed by atoms with E-state index in [0.717, 1.165) is 25.1 Å².